The second-order valence-corrected chi connectivity index (χ2v) is 6.77. The Bertz CT molecular complexity index is 549. The molecule has 1 nitrogen and oxygen atoms in total. The minimum Gasteiger partial charge on any atom is -0.300 e. The fraction of sp³-hybridized carbons (Fsp3) is 0.400. The van der Waals surface area contributed by atoms with Crippen molar-refractivity contribution in [2.45, 2.75) is 43.2 Å². The fourth-order valence-electron chi connectivity index (χ4n) is 4.62. The molecule has 2 heterocycles. The SMILES string of the molecule is CN1[C@@H]2CC[C@H]1CC(c1ccccc1)(c1ccccc1)C2. The van der Waals surface area contributed by atoms with E-state index in [1.807, 2.05) is 0 Å². The summed E-state index contributed by atoms with van der Waals surface area (Å²) >= 11 is 0. The van der Waals surface area contributed by atoms with Gasteiger partial charge in [0, 0.05) is 17.5 Å². The highest BCUT2D eigenvalue weighted by atomic mass is 15.2. The van der Waals surface area contributed by atoms with Crippen molar-refractivity contribution in [2.24, 2.45) is 0 Å². The first-order valence-corrected chi connectivity index (χ1v) is 8.13. The van der Waals surface area contributed by atoms with Crippen molar-refractivity contribution in [2.75, 3.05) is 7.05 Å². The minimum absolute atomic E-state index is 0.209. The van der Waals surface area contributed by atoms with Gasteiger partial charge in [0.2, 0.25) is 0 Å². The molecular weight excluding hydrogens is 254 g/mol. The molecule has 2 atom stereocenters. The topological polar surface area (TPSA) is 3.24 Å². The maximum absolute atomic E-state index is 2.63. The summed E-state index contributed by atoms with van der Waals surface area (Å²) < 4.78 is 0. The number of nitrogens with zero attached hydrogens (tertiary/aromatic N) is 1. The van der Waals surface area contributed by atoms with Crippen molar-refractivity contribution in [1.82, 2.24) is 4.90 Å². The van der Waals surface area contributed by atoms with E-state index in [1.165, 1.54) is 36.8 Å². The van der Waals surface area contributed by atoms with Gasteiger partial charge < -0.3 is 4.90 Å². The predicted molar refractivity (Wildman–Crippen MR) is 87.5 cm³/mol. The Balaban J connectivity index is 1.85. The van der Waals surface area contributed by atoms with E-state index in [1.54, 1.807) is 0 Å². The second-order valence-electron chi connectivity index (χ2n) is 6.77. The van der Waals surface area contributed by atoms with Gasteiger partial charge in [-0.15, -0.1) is 0 Å². The van der Waals surface area contributed by atoms with E-state index in [0.29, 0.717) is 0 Å². The van der Waals surface area contributed by atoms with Crippen LogP contribution in [0.2, 0.25) is 0 Å². The first-order valence-electron chi connectivity index (χ1n) is 8.13. The smallest absolute Gasteiger partial charge is 0.0232 e. The lowest BCUT2D eigenvalue weighted by atomic mass is 9.66. The van der Waals surface area contributed by atoms with E-state index in [0.717, 1.165) is 12.1 Å². The van der Waals surface area contributed by atoms with E-state index in [9.17, 15) is 0 Å². The zero-order valence-corrected chi connectivity index (χ0v) is 12.7. The van der Waals surface area contributed by atoms with Gasteiger partial charge in [0.25, 0.3) is 0 Å². The molecule has 2 aromatic carbocycles. The predicted octanol–water partition coefficient (Wildman–Crippen LogP) is 4.23. The molecule has 2 aromatic rings. The Morgan fingerprint density at radius 2 is 1.19 bits per heavy atom. The van der Waals surface area contributed by atoms with Crippen LogP contribution in [0.25, 0.3) is 0 Å². The van der Waals surface area contributed by atoms with E-state index in [-0.39, 0.29) is 5.41 Å². The molecule has 2 saturated heterocycles. The van der Waals surface area contributed by atoms with Crippen molar-refractivity contribution in [3.63, 3.8) is 0 Å². The van der Waals surface area contributed by atoms with E-state index >= 15 is 0 Å². The van der Waals surface area contributed by atoms with Gasteiger partial charge in [0.15, 0.2) is 0 Å². The van der Waals surface area contributed by atoms with E-state index in [4.69, 9.17) is 0 Å². The molecule has 108 valence electrons. The molecule has 2 aliphatic heterocycles. The molecule has 21 heavy (non-hydrogen) atoms. The minimum atomic E-state index is 0.209. The fourth-order valence-corrected chi connectivity index (χ4v) is 4.62. The largest absolute Gasteiger partial charge is 0.300 e. The average Bonchev–Trinajstić information content (AvgIpc) is 2.78. The molecule has 0 amide bonds. The number of hydrogen-bond donors (Lipinski definition) is 0. The number of piperidine rings is 1. The summed E-state index contributed by atoms with van der Waals surface area (Å²) in [5.41, 5.74) is 3.21. The Labute approximate surface area is 127 Å². The molecule has 2 fully saturated rings. The van der Waals surface area contributed by atoms with Crippen LogP contribution in [0.1, 0.15) is 36.8 Å². The number of benzene rings is 2. The number of hydrogen-bond acceptors (Lipinski definition) is 1. The van der Waals surface area contributed by atoms with Crippen molar-refractivity contribution >= 4 is 0 Å². The Morgan fingerprint density at radius 1 is 0.762 bits per heavy atom. The molecule has 0 saturated carbocycles. The Kier molecular flexibility index (Phi) is 3.11. The molecule has 0 unspecified atom stereocenters. The van der Waals surface area contributed by atoms with Crippen LogP contribution in [0, 0.1) is 0 Å². The lowest BCUT2D eigenvalue weighted by molar-refractivity contribution is 0.129. The Morgan fingerprint density at radius 3 is 1.62 bits per heavy atom. The zero-order chi connectivity index (χ0) is 14.3. The summed E-state index contributed by atoms with van der Waals surface area (Å²) in [5, 5.41) is 0. The van der Waals surface area contributed by atoms with Gasteiger partial charge in [0.1, 0.15) is 0 Å². The van der Waals surface area contributed by atoms with E-state index < -0.39 is 0 Å². The monoisotopic (exact) mass is 277 g/mol. The van der Waals surface area contributed by atoms with Gasteiger partial charge in [-0.2, -0.15) is 0 Å². The average molecular weight is 277 g/mol. The highest BCUT2D eigenvalue weighted by molar-refractivity contribution is 5.41. The highest BCUT2D eigenvalue weighted by Crippen LogP contribution is 2.50. The van der Waals surface area contributed by atoms with Crippen LogP contribution in [0.4, 0.5) is 0 Å². The Hall–Kier alpha value is -1.60. The summed E-state index contributed by atoms with van der Waals surface area (Å²) in [6.07, 6.45) is 5.24. The van der Waals surface area contributed by atoms with Crippen molar-refractivity contribution in [3.8, 4) is 0 Å². The standard InChI is InChI=1S/C20H23N/c1-21-18-12-13-19(21)15-20(14-18,16-8-4-2-5-9-16)17-10-6-3-7-11-17/h2-11,18-19H,12-15H2,1H3/t18-,19+. The molecule has 4 rings (SSSR count). The van der Waals surface area contributed by atoms with Crippen LogP contribution in [0.15, 0.2) is 60.7 Å². The third kappa shape index (κ3) is 2.03. The summed E-state index contributed by atoms with van der Waals surface area (Å²) in [7, 11) is 2.32. The lowest BCUT2D eigenvalue weighted by Crippen LogP contribution is -2.48. The van der Waals surface area contributed by atoms with Crippen molar-refractivity contribution in [1.29, 1.82) is 0 Å². The molecular formula is C20H23N. The second kappa shape index (κ2) is 4.99. The first kappa shape index (κ1) is 13.1. The normalized spacial score (nSPS) is 27.7. The summed E-state index contributed by atoms with van der Waals surface area (Å²) in [6.45, 7) is 0. The maximum Gasteiger partial charge on any atom is 0.0232 e. The van der Waals surface area contributed by atoms with Crippen LogP contribution >= 0.6 is 0 Å². The van der Waals surface area contributed by atoms with Crippen LogP contribution in [0.3, 0.4) is 0 Å². The maximum atomic E-state index is 2.63. The quantitative estimate of drug-likeness (QED) is 0.794. The molecule has 2 bridgehead atoms. The van der Waals surface area contributed by atoms with E-state index in [2.05, 4.69) is 72.6 Å². The van der Waals surface area contributed by atoms with Gasteiger partial charge in [0.05, 0.1) is 0 Å². The molecule has 0 spiro atoms. The first-order chi connectivity index (χ1) is 10.3. The molecule has 2 aliphatic rings. The van der Waals surface area contributed by atoms with Gasteiger partial charge >= 0.3 is 0 Å². The van der Waals surface area contributed by atoms with Crippen LogP contribution in [-0.4, -0.2) is 24.0 Å². The van der Waals surface area contributed by atoms with Gasteiger partial charge in [-0.1, -0.05) is 60.7 Å². The summed E-state index contributed by atoms with van der Waals surface area (Å²) in [5.74, 6) is 0. The summed E-state index contributed by atoms with van der Waals surface area (Å²) in [4.78, 5) is 2.63. The molecule has 0 radical (unpaired) electrons. The molecule has 0 aromatic heterocycles. The number of fused-ring (bicyclic) bond motifs is 2. The van der Waals surface area contributed by atoms with Crippen LogP contribution < -0.4 is 0 Å². The third-order valence-electron chi connectivity index (χ3n) is 5.81. The molecule has 0 N–H and O–H groups in total. The van der Waals surface area contributed by atoms with Crippen molar-refractivity contribution in [3.05, 3.63) is 71.8 Å². The van der Waals surface area contributed by atoms with Crippen molar-refractivity contribution < 1.29 is 0 Å². The molecule has 1 heteroatoms. The van der Waals surface area contributed by atoms with Gasteiger partial charge in [-0.25, -0.2) is 0 Å². The van der Waals surface area contributed by atoms with Gasteiger partial charge in [-0.3, -0.25) is 0 Å². The van der Waals surface area contributed by atoms with Gasteiger partial charge in [-0.05, 0) is 43.9 Å². The number of rotatable bonds is 2. The van der Waals surface area contributed by atoms with Crippen LogP contribution in [-0.2, 0) is 5.41 Å². The highest BCUT2D eigenvalue weighted by Gasteiger charge is 2.48. The third-order valence-corrected chi connectivity index (χ3v) is 5.81. The summed E-state index contributed by atoms with van der Waals surface area (Å²) in [6, 6.07) is 23.8. The van der Waals surface area contributed by atoms with Crippen LogP contribution in [0.5, 0.6) is 0 Å². The lowest BCUT2D eigenvalue weighted by Gasteiger charge is -2.46. The zero-order valence-electron chi connectivity index (χ0n) is 12.7. The molecule has 0 aliphatic carbocycles.